The highest BCUT2D eigenvalue weighted by Gasteiger charge is 2.16. The third-order valence-corrected chi connectivity index (χ3v) is 4.82. The summed E-state index contributed by atoms with van der Waals surface area (Å²) in [6.07, 6.45) is 6.38. The lowest BCUT2D eigenvalue weighted by molar-refractivity contribution is 0.0912. The van der Waals surface area contributed by atoms with Gasteiger partial charge in [0, 0.05) is 5.56 Å². The van der Waals surface area contributed by atoms with E-state index >= 15 is 0 Å². The van der Waals surface area contributed by atoms with Crippen LogP contribution in [0.15, 0.2) is 48.5 Å². The molecular formula is C21H23NO3. The van der Waals surface area contributed by atoms with E-state index in [2.05, 4.69) is 12.1 Å². The fourth-order valence-corrected chi connectivity index (χ4v) is 3.40. The molecule has 0 unspecified atom stereocenters. The van der Waals surface area contributed by atoms with Crippen molar-refractivity contribution in [2.45, 2.75) is 38.0 Å². The number of primary amides is 1. The van der Waals surface area contributed by atoms with Crippen LogP contribution in [0.25, 0.3) is 0 Å². The molecule has 1 fully saturated rings. The van der Waals surface area contributed by atoms with Crippen LogP contribution in [0.4, 0.5) is 0 Å². The quantitative estimate of drug-likeness (QED) is 0.807. The second kappa shape index (κ2) is 7.97. The van der Waals surface area contributed by atoms with E-state index in [-0.39, 0.29) is 18.0 Å². The fraction of sp³-hybridized carbons (Fsp3) is 0.333. The summed E-state index contributed by atoms with van der Waals surface area (Å²) < 4.78 is 5.51. The molecule has 0 radical (unpaired) electrons. The van der Waals surface area contributed by atoms with E-state index < -0.39 is 5.91 Å². The lowest BCUT2D eigenvalue weighted by Crippen LogP contribution is -2.16. The minimum atomic E-state index is -0.570. The van der Waals surface area contributed by atoms with E-state index in [1.54, 1.807) is 24.3 Å². The number of ketones is 1. The SMILES string of the molecule is NC(=O)c1ccccc1OCC(=O)c1ccc(C2CCCCC2)cc1. The number of carbonyl (C=O) groups excluding carboxylic acids is 2. The summed E-state index contributed by atoms with van der Waals surface area (Å²) in [5, 5.41) is 0. The number of benzene rings is 2. The zero-order chi connectivity index (χ0) is 17.6. The summed E-state index contributed by atoms with van der Waals surface area (Å²) in [6.45, 7) is -0.118. The van der Waals surface area contributed by atoms with Crippen LogP contribution in [0, 0.1) is 0 Å². The monoisotopic (exact) mass is 337 g/mol. The molecule has 3 rings (SSSR count). The largest absolute Gasteiger partial charge is 0.485 e. The Morgan fingerprint density at radius 2 is 1.64 bits per heavy atom. The van der Waals surface area contributed by atoms with Crippen LogP contribution in [-0.2, 0) is 0 Å². The molecule has 2 aromatic rings. The Hall–Kier alpha value is -2.62. The fourth-order valence-electron chi connectivity index (χ4n) is 3.40. The first kappa shape index (κ1) is 17.2. The summed E-state index contributed by atoms with van der Waals surface area (Å²) in [5.41, 5.74) is 7.53. The number of nitrogens with two attached hydrogens (primary N) is 1. The van der Waals surface area contributed by atoms with Crippen molar-refractivity contribution in [2.24, 2.45) is 5.73 Å². The van der Waals surface area contributed by atoms with Crippen LogP contribution >= 0.6 is 0 Å². The summed E-state index contributed by atoms with van der Waals surface area (Å²) in [7, 11) is 0. The number of amides is 1. The Kier molecular flexibility index (Phi) is 5.49. The molecule has 0 atom stereocenters. The van der Waals surface area contributed by atoms with E-state index in [1.807, 2.05) is 12.1 Å². The van der Waals surface area contributed by atoms with Crippen LogP contribution < -0.4 is 10.5 Å². The molecule has 4 nitrogen and oxygen atoms in total. The van der Waals surface area contributed by atoms with Crippen LogP contribution in [-0.4, -0.2) is 18.3 Å². The summed E-state index contributed by atoms with van der Waals surface area (Å²) in [6, 6.07) is 14.5. The molecule has 25 heavy (non-hydrogen) atoms. The normalized spacial score (nSPS) is 14.9. The van der Waals surface area contributed by atoms with Crippen LogP contribution in [0.1, 0.15) is 64.3 Å². The van der Waals surface area contributed by atoms with Gasteiger partial charge >= 0.3 is 0 Å². The van der Waals surface area contributed by atoms with Crippen molar-refractivity contribution in [2.75, 3.05) is 6.61 Å². The van der Waals surface area contributed by atoms with Gasteiger partial charge in [0.2, 0.25) is 0 Å². The van der Waals surface area contributed by atoms with Crippen molar-refractivity contribution >= 4 is 11.7 Å². The molecule has 1 aliphatic rings. The lowest BCUT2D eigenvalue weighted by atomic mass is 9.84. The van der Waals surface area contributed by atoms with Crippen LogP contribution in [0.2, 0.25) is 0 Å². The van der Waals surface area contributed by atoms with Crippen LogP contribution in [0.3, 0.4) is 0 Å². The van der Waals surface area contributed by atoms with Crippen LogP contribution in [0.5, 0.6) is 5.75 Å². The molecule has 1 saturated carbocycles. The number of hydrogen-bond acceptors (Lipinski definition) is 3. The summed E-state index contributed by atoms with van der Waals surface area (Å²) in [5.74, 6) is 0.271. The summed E-state index contributed by atoms with van der Waals surface area (Å²) >= 11 is 0. The van der Waals surface area contributed by atoms with Gasteiger partial charge in [-0.15, -0.1) is 0 Å². The van der Waals surface area contributed by atoms with Crippen molar-refractivity contribution in [1.29, 1.82) is 0 Å². The van der Waals surface area contributed by atoms with Gasteiger partial charge in [0.1, 0.15) is 5.75 Å². The van der Waals surface area contributed by atoms with Gasteiger partial charge < -0.3 is 10.5 Å². The number of ether oxygens (including phenoxy) is 1. The van der Waals surface area contributed by atoms with Gasteiger partial charge in [0.25, 0.3) is 5.91 Å². The van der Waals surface area contributed by atoms with Crippen molar-refractivity contribution in [3.63, 3.8) is 0 Å². The third kappa shape index (κ3) is 4.27. The van der Waals surface area contributed by atoms with Gasteiger partial charge in [-0.1, -0.05) is 55.7 Å². The Bertz CT molecular complexity index is 746. The van der Waals surface area contributed by atoms with Crippen molar-refractivity contribution < 1.29 is 14.3 Å². The van der Waals surface area contributed by atoms with Crippen molar-refractivity contribution in [3.8, 4) is 5.75 Å². The summed E-state index contributed by atoms with van der Waals surface area (Å²) in [4.78, 5) is 23.7. The molecule has 1 aliphatic carbocycles. The molecule has 2 N–H and O–H groups in total. The molecule has 0 bridgehead atoms. The average Bonchev–Trinajstić information content (AvgIpc) is 2.67. The van der Waals surface area contributed by atoms with Gasteiger partial charge in [-0.05, 0) is 36.5 Å². The van der Waals surface area contributed by atoms with E-state index in [9.17, 15) is 9.59 Å². The molecule has 1 amide bonds. The molecule has 2 aromatic carbocycles. The number of hydrogen-bond donors (Lipinski definition) is 1. The minimum absolute atomic E-state index is 0.116. The van der Waals surface area contributed by atoms with E-state index in [1.165, 1.54) is 37.7 Å². The maximum absolute atomic E-state index is 12.3. The Morgan fingerprint density at radius 1 is 0.960 bits per heavy atom. The van der Waals surface area contributed by atoms with E-state index in [0.29, 0.717) is 17.2 Å². The highest BCUT2D eigenvalue weighted by molar-refractivity contribution is 5.98. The molecule has 4 heteroatoms. The maximum atomic E-state index is 12.3. The van der Waals surface area contributed by atoms with E-state index in [0.717, 1.165) is 0 Å². The first-order valence-corrected chi connectivity index (χ1v) is 8.80. The van der Waals surface area contributed by atoms with Gasteiger partial charge in [-0.3, -0.25) is 9.59 Å². The number of carbonyl (C=O) groups is 2. The predicted octanol–water partition coefficient (Wildman–Crippen LogP) is 4.09. The molecule has 130 valence electrons. The topological polar surface area (TPSA) is 69.4 Å². The van der Waals surface area contributed by atoms with Gasteiger partial charge in [0.05, 0.1) is 5.56 Å². The van der Waals surface area contributed by atoms with E-state index in [4.69, 9.17) is 10.5 Å². The Morgan fingerprint density at radius 3 is 2.32 bits per heavy atom. The maximum Gasteiger partial charge on any atom is 0.252 e. The molecule has 0 spiro atoms. The second-order valence-electron chi connectivity index (χ2n) is 6.53. The first-order valence-electron chi connectivity index (χ1n) is 8.80. The Balaban J connectivity index is 1.63. The molecule has 0 saturated heterocycles. The Labute approximate surface area is 148 Å². The average molecular weight is 337 g/mol. The van der Waals surface area contributed by atoms with Crippen molar-refractivity contribution in [3.05, 3.63) is 65.2 Å². The lowest BCUT2D eigenvalue weighted by Gasteiger charge is -2.22. The highest BCUT2D eigenvalue weighted by atomic mass is 16.5. The number of Topliss-reactive ketones (excluding diaryl/α,β-unsaturated/α-hetero) is 1. The zero-order valence-corrected chi connectivity index (χ0v) is 14.2. The minimum Gasteiger partial charge on any atom is -0.485 e. The standard InChI is InChI=1S/C21H23NO3/c22-21(24)18-8-4-5-9-20(18)25-14-19(23)17-12-10-16(11-13-17)15-6-2-1-3-7-15/h4-5,8-13,15H,1-3,6-7,14H2,(H2,22,24). The first-order chi connectivity index (χ1) is 12.1. The number of rotatable bonds is 6. The van der Waals surface area contributed by atoms with Gasteiger partial charge in [0.15, 0.2) is 12.4 Å². The van der Waals surface area contributed by atoms with Gasteiger partial charge in [-0.2, -0.15) is 0 Å². The van der Waals surface area contributed by atoms with Gasteiger partial charge in [-0.25, -0.2) is 0 Å². The zero-order valence-electron chi connectivity index (χ0n) is 14.2. The number of para-hydroxylation sites is 1. The smallest absolute Gasteiger partial charge is 0.252 e. The molecular weight excluding hydrogens is 314 g/mol. The predicted molar refractivity (Wildman–Crippen MR) is 97.1 cm³/mol. The molecule has 0 aromatic heterocycles. The highest BCUT2D eigenvalue weighted by Crippen LogP contribution is 2.32. The molecule has 0 heterocycles. The third-order valence-electron chi connectivity index (χ3n) is 4.82. The second-order valence-corrected chi connectivity index (χ2v) is 6.53. The van der Waals surface area contributed by atoms with Crippen molar-refractivity contribution in [1.82, 2.24) is 0 Å². The molecule has 0 aliphatic heterocycles.